The van der Waals surface area contributed by atoms with Crippen molar-refractivity contribution in [1.82, 2.24) is 4.57 Å². The summed E-state index contributed by atoms with van der Waals surface area (Å²) in [5.41, 5.74) is 16.5. The summed E-state index contributed by atoms with van der Waals surface area (Å²) >= 11 is 2.02. The topological polar surface area (TPSA) is 11.4 Å². The van der Waals surface area contributed by atoms with Crippen LogP contribution in [0.4, 0.5) is 28.4 Å². The van der Waals surface area contributed by atoms with Gasteiger partial charge in [0.15, 0.2) is 0 Å². The predicted octanol–water partition coefficient (Wildman–Crippen LogP) is 9.51. The van der Waals surface area contributed by atoms with E-state index in [9.17, 15) is 0 Å². The highest BCUT2D eigenvalue weighted by Gasteiger charge is 2.61. The Morgan fingerprint density at radius 1 is 0.708 bits per heavy atom. The Kier molecular flexibility index (Phi) is 5.24. The van der Waals surface area contributed by atoms with Gasteiger partial charge in [0, 0.05) is 44.0 Å². The lowest BCUT2D eigenvalue weighted by atomic mass is 9.36. The monoisotopic (exact) mass is 637 g/mol. The zero-order valence-corrected chi connectivity index (χ0v) is 28.4. The molecule has 3 nitrogen and oxygen atoms in total. The van der Waals surface area contributed by atoms with E-state index in [1.165, 1.54) is 102 Å². The quantitative estimate of drug-likeness (QED) is 0.175. The van der Waals surface area contributed by atoms with Gasteiger partial charge in [0.05, 0.1) is 27.0 Å². The van der Waals surface area contributed by atoms with E-state index in [1.807, 2.05) is 11.3 Å². The highest BCUT2D eigenvalue weighted by Crippen LogP contribution is 2.62. The maximum atomic E-state index is 2.83. The fourth-order valence-corrected chi connectivity index (χ4v) is 11.7. The van der Waals surface area contributed by atoms with Gasteiger partial charge in [0.25, 0.3) is 6.71 Å². The third-order valence-electron chi connectivity index (χ3n) is 12.5. The molecule has 0 saturated heterocycles. The summed E-state index contributed by atoms with van der Waals surface area (Å²) < 4.78 is 5.35. The van der Waals surface area contributed by atoms with Gasteiger partial charge in [-0.1, -0.05) is 92.6 Å². The van der Waals surface area contributed by atoms with E-state index in [-0.39, 0.29) is 17.7 Å². The molecular weight excluding hydrogens is 601 g/mol. The van der Waals surface area contributed by atoms with E-state index in [2.05, 4.69) is 150 Å². The summed E-state index contributed by atoms with van der Waals surface area (Å²) in [6, 6.07) is 43.3. The number of aryl methyl sites for hydroxylation is 1. The molecule has 0 N–H and O–H groups in total. The summed E-state index contributed by atoms with van der Waals surface area (Å²) in [7, 11) is 0. The standard InChI is InChI=1S/C43H36BN3S/c1-27-25-34-36-35(26-27)47-37-31(42(2)23-12-13-24-43(42,47)3)20-14-21-32(37)44(36)41-39(46(34)29-17-8-5-9-18-29)38-40(48-41)30-19-10-11-22-33(30)45(38)28-15-6-4-7-16-28/h4-11,14-22,25-26H,12-13,23-24H2,1-3H3. The molecule has 2 unspecified atom stereocenters. The number of benzene rings is 5. The summed E-state index contributed by atoms with van der Waals surface area (Å²) in [6.45, 7) is 7.61. The zero-order chi connectivity index (χ0) is 31.9. The molecule has 3 aliphatic heterocycles. The Bertz CT molecular complexity index is 2480. The number of thiophene rings is 1. The van der Waals surface area contributed by atoms with Crippen molar-refractivity contribution in [3.05, 3.63) is 126 Å². The normalized spacial score (nSPS) is 21.8. The molecule has 2 atom stereocenters. The predicted molar refractivity (Wildman–Crippen MR) is 206 cm³/mol. The zero-order valence-electron chi connectivity index (χ0n) is 27.6. The first-order valence-electron chi connectivity index (χ1n) is 17.5. The number of aromatic nitrogens is 1. The van der Waals surface area contributed by atoms with Crippen molar-refractivity contribution in [2.45, 2.75) is 57.4 Å². The summed E-state index contributed by atoms with van der Waals surface area (Å²) in [5.74, 6) is 0. The Labute approximate surface area is 286 Å². The minimum Gasteiger partial charge on any atom is -0.335 e. The lowest BCUT2D eigenvalue weighted by molar-refractivity contribution is 0.195. The molecule has 0 radical (unpaired) electrons. The molecule has 48 heavy (non-hydrogen) atoms. The van der Waals surface area contributed by atoms with Crippen molar-refractivity contribution in [2.24, 2.45) is 0 Å². The Balaban J connectivity index is 1.32. The van der Waals surface area contributed by atoms with Crippen LogP contribution in [0, 0.1) is 6.92 Å². The number of hydrogen-bond donors (Lipinski definition) is 0. The Hall–Kier alpha value is -4.74. The van der Waals surface area contributed by atoms with Gasteiger partial charge in [0.2, 0.25) is 0 Å². The molecule has 1 aliphatic carbocycles. The molecule has 7 aromatic rings. The first-order chi connectivity index (χ1) is 23.5. The number of para-hydroxylation sites is 4. The van der Waals surface area contributed by atoms with Gasteiger partial charge in [-0.05, 0) is 91.2 Å². The molecule has 1 saturated carbocycles. The molecule has 4 aliphatic rings. The Morgan fingerprint density at radius 2 is 1.42 bits per heavy atom. The molecule has 0 amide bonds. The lowest BCUT2D eigenvalue weighted by Gasteiger charge is -2.52. The maximum Gasteiger partial charge on any atom is 0.264 e. The van der Waals surface area contributed by atoms with Crippen molar-refractivity contribution in [3.8, 4) is 5.69 Å². The van der Waals surface area contributed by atoms with Crippen molar-refractivity contribution in [3.63, 3.8) is 0 Å². The van der Waals surface area contributed by atoms with Gasteiger partial charge in [-0.25, -0.2) is 0 Å². The maximum absolute atomic E-state index is 2.83. The van der Waals surface area contributed by atoms with Gasteiger partial charge in [-0.15, -0.1) is 11.3 Å². The van der Waals surface area contributed by atoms with Crippen LogP contribution in [0.2, 0.25) is 0 Å². The van der Waals surface area contributed by atoms with E-state index >= 15 is 0 Å². The first-order valence-corrected chi connectivity index (χ1v) is 18.4. The van der Waals surface area contributed by atoms with E-state index in [0.717, 1.165) is 0 Å². The van der Waals surface area contributed by atoms with Gasteiger partial charge < -0.3 is 14.4 Å². The number of anilines is 5. The van der Waals surface area contributed by atoms with Gasteiger partial charge in [-0.3, -0.25) is 0 Å². The van der Waals surface area contributed by atoms with E-state index < -0.39 is 0 Å². The van der Waals surface area contributed by atoms with Crippen LogP contribution in [0.25, 0.3) is 26.8 Å². The van der Waals surface area contributed by atoms with Crippen molar-refractivity contribution < 1.29 is 0 Å². The largest absolute Gasteiger partial charge is 0.335 e. The molecule has 5 heteroatoms. The fraction of sp³-hybridized carbons (Fsp3) is 0.209. The van der Waals surface area contributed by atoms with Crippen LogP contribution in [0.1, 0.15) is 50.7 Å². The first kappa shape index (κ1) is 27.2. The average Bonchev–Trinajstić information content (AvgIpc) is 3.71. The second-order valence-corrected chi connectivity index (χ2v) is 15.9. The summed E-state index contributed by atoms with van der Waals surface area (Å²) in [4.78, 5) is 5.45. The van der Waals surface area contributed by atoms with Crippen LogP contribution in [-0.4, -0.2) is 16.8 Å². The third kappa shape index (κ3) is 3.13. The van der Waals surface area contributed by atoms with E-state index in [4.69, 9.17) is 0 Å². The molecule has 1 fully saturated rings. The SMILES string of the molecule is Cc1cc2c3c(c1)N1c4c(cccc4C4(C)CCCCC14C)B3c1sc3c4ccccc4n(-c4ccccc4)c3c1N2c1ccccc1. The molecule has 0 spiro atoms. The van der Waals surface area contributed by atoms with Crippen LogP contribution < -0.4 is 25.5 Å². The molecule has 11 rings (SSSR count). The summed E-state index contributed by atoms with van der Waals surface area (Å²) in [5, 5.41) is 1.32. The molecule has 0 bridgehead atoms. The van der Waals surface area contributed by atoms with Gasteiger partial charge in [-0.2, -0.15) is 0 Å². The second-order valence-electron chi connectivity index (χ2n) is 14.9. The van der Waals surface area contributed by atoms with E-state index in [0.29, 0.717) is 0 Å². The molecular formula is C43H36BN3S. The van der Waals surface area contributed by atoms with Gasteiger partial charge >= 0.3 is 0 Å². The van der Waals surface area contributed by atoms with Crippen LogP contribution in [0.15, 0.2) is 115 Å². The molecule has 2 aromatic heterocycles. The number of hydrogen-bond acceptors (Lipinski definition) is 3. The number of fused-ring (bicyclic) bond motifs is 11. The minimum atomic E-state index is 0.0360. The third-order valence-corrected chi connectivity index (χ3v) is 13.8. The number of rotatable bonds is 2. The highest BCUT2D eigenvalue weighted by atomic mass is 32.1. The van der Waals surface area contributed by atoms with Crippen LogP contribution in [0.3, 0.4) is 0 Å². The lowest BCUT2D eigenvalue weighted by Crippen LogP contribution is -2.64. The van der Waals surface area contributed by atoms with Crippen LogP contribution in [0.5, 0.6) is 0 Å². The molecule has 5 aromatic carbocycles. The number of nitrogens with zero attached hydrogens (tertiary/aromatic N) is 3. The van der Waals surface area contributed by atoms with Gasteiger partial charge in [0.1, 0.15) is 0 Å². The van der Waals surface area contributed by atoms with E-state index in [1.54, 1.807) is 5.56 Å². The molecule has 232 valence electrons. The highest BCUT2D eigenvalue weighted by molar-refractivity contribution is 7.34. The molecule has 5 heterocycles. The summed E-state index contributed by atoms with van der Waals surface area (Å²) in [6.07, 6.45) is 5.05. The average molecular weight is 638 g/mol. The van der Waals surface area contributed by atoms with Crippen molar-refractivity contribution in [2.75, 3.05) is 9.80 Å². The smallest absolute Gasteiger partial charge is 0.264 e. The van der Waals surface area contributed by atoms with Crippen LogP contribution in [-0.2, 0) is 5.41 Å². The van der Waals surface area contributed by atoms with Crippen molar-refractivity contribution in [1.29, 1.82) is 0 Å². The second kappa shape index (κ2) is 9.24. The van der Waals surface area contributed by atoms with Crippen LogP contribution >= 0.6 is 11.3 Å². The minimum absolute atomic E-state index is 0.0360. The Morgan fingerprint density at radius 3 is 2.23 bits per heavy atom. The van der Waals surface area contributed by atoms with Crippen molar-refractivity contribution >= 4 is 83.3 Å². The fourth-order valence-electron chi connectivity index (χ4n) is 10.3.